The molecule has 2 amide bonds. The Morgan fingerprint density at radius 3 is 2.51 bits per heavy atom. The number of rotatable bonds is 5. The van der Waals surface area contributed by atoms with E-state index in [1.807, 2.05) is 24.3 Å². The van der Waals surface area contributed by atoms with E-state index in [0.717, 1.165) is 41.8 Å². The lowest BCUT2D eigenvalue weighted by Gasteiger charge is -2.46. The van der Waals surface area contributed by atoms with E-state index in [2.05, 4.69) is 54.3 Å². The molecule has 0 radical (unpaired) electrons. The first kappa shape index (κ1) is 21.9. The maximum absolute atomic E-state index is 13.7. The van der Waals surface area contributed by atoms with Gasteiger partial charge < -0.3 is 14.2 Å². The lowest BCUT2D eigenvalue weighted by molar-refractivity contribution is -0.160. The van der Waals surface area contributed by atoms with Crippen molar-refractivity contribution in [1.82, 2.24) is 14.7 Å². The van der Waals surface area contributed by atoms with Gasteiger partial charge in [0.1, 0.15) is 23.9 Å². The first-order chi connectivity index (χ1) is 17.1. The van der Waals surface area contributed by atoms with Crippen LogP contribution in [0.2, 0.25) is 0 Å². The zero-order valence-electron chi connectivity index (χ0n) is 19.9. The molecule has 1 unspecified atom stereocenters. The summed E-state index contributed by atoms with van der Waals surface area (Å²) in [6.07, 6.45) is 0.744. The standard InChI is InChI=1S/C29H29N3O3/c1-2-26-24(23-12-5-6-13-27(23)35-26)17-31-19-28(33)32-15-14-30(18-25(32)29(31)34)16-21-10-7-9-20-8-3-4-11-22(20)21/h3-13,25H,2,14-19H2,1H3. The van der Waals surface area contributed by atoms with Crippen molar-refractivity contribution in [1.29, 1.82) is 0 Å². The van der Waals surface area contributed by atoms with E-state index in [1.54, 1.807) is 9.80 Å². The number of aryl methyl sites for hydroxylation is 1. The third-order valence-electron chi connectivity index (χ3n) is 7.43. The van der Waals surface area contributed by atoms with Crippen LogP contribution in [0, 0.1) is 0 Å². The average Bonchev–Trinajstić information content (AvgIpc) is 3.25. The van der Waals surface area contributed by atoms with Gasteiger partial charge in [-0.3, -0.25) is 14.5 Å². The Morgan fingerprint density at radius 2 is 1.66 bits per heavy atom. The van der Waals surface area contributed by atoms with E-state index >= 15 is 0 Å². The molecule has 0 N–H and O–H groups in total. The Labute approximate surface area is 204 Å². The van der Waals surface area contributed by atoms with Crippen LogP contribution in [0.25, 0.3) is 21.7 Å². The molecule has 0 aliphatic carbocycles. The van der Waals surface area contributed by atoms with Crippen LogP contribution in [0.15, 0.2) is 71.1 Å². The molecule has 0 bridgehead atoms. The van der Waals surface area contributed by atoms with Crippen molar-refractivity contribution in [2.24, 2.45) is 0 Å². The molecule has 0 spiro atoms. The van der Waals surface area contributed by atoms with Crippen LogP contribution >= 0.6 is 0 Å². The number of para-hydroxylation sites is 1. The Bertz CT molecular complexity index is 1420. The Hall–Kier alpha value is -3.64. The number of hydrogen-bond acceptors (Lipinski definition) is 4. The van der Waals surface area contributed by atoms with Crippen molar-refractivity contribution in [2.75, 3.05) is 26.2 Å². The number of benzene rings is 3. The predicted molar refractivity (Wildman–Crippen MR) is 136 cm³/mol. The summed E-state index contributed by atoms with van der Waals surface area (Å²) in [6.45, 7) is 5.25. The quantitative estimate of drug-likeness (QED) is 0.441. The Kier molecular flexibility index (Phi) is 5.53. The second kappa shape index (κ2) is 8.86. The third kappa shape index (κ3) is 3.88. The highest BCUT2D eigenvalue weighted by Crippen LogP contribution is 2.30. The molecular formula is C29H29N3O3. The monoisotopic (exact) mass is 467 g/mol. The van der Waals surface area contributed by atoms with Crippen LogP contribution in [0.1, 0.15) is 23.8 Å². The minimum atomic E-state index is -0.441. The molecule has 6 rings (SSSR count). The second-order valence-electron chi connectivity index (χ2n) is 9.52. The van der Waals surface area contributed by atoms with Crippen molar-refractivity contribution in [3.63, 3.8) is 0 Å². The summed E-state index contributed by atoms with van der Waals surface area (Å²) >= 11 is 0. The zero-order chi connectivity index (χ0) is 23.9. The predicted octanol–water partition coefficient (Wildman–Crippen LogP) is 4.20. The second-order valence-corrected chi connectivity index (χ2v) is 9.52. The van der Waals surface area contributed by atoms with E-state index in [1.165, 1.54) is 16.3 Å². The molecule has 2 fully saturated rings. The maximum Gasteiger partial charge on any atom is 0.247 e. The molecule has 1 aromatic heterocycles. The summed E-state index contributed by atoms with van der Waals surface area (Å²) in [6, 6.07) is 22.3. The average molecular weight is 468 g/mol. The molecule has 0 saturated carbocycles. The highest BCUT2D eigenvalue weighted by molar-refractivity contribution is 5.95. The number of fused-ring (bicyclic) bond motifs is 3. The van der Waals surface area contributed by atoms with E-state index in [9.17, 15) is 9.59 Å². The van der Waals surface area contributed by atoms with Gasteiger partial charge in [0.25, 0.3) is 0 Å². The number of amides is 2. The van der Waals surface area contributed by atoms with Crippen molar-refractivity contribution >= 4 is 33.6 Å². The Morgan fingerprint density at radius 1 is 0.886 bits per heavy atom. The molecule has 6 heteroatoms. The number of furan rings is 1. The van der Waals surface area contributed by atoms with Crippen molar-refractivity contribution in [3.05, 3.63) is 83.6 Å². The van der Waals surface area contributed by atoms with Crippen LogP contribution in [0.4, 0.5) is 0 Å². The molecule has 2 aliphatic heterocycles. The van der Waals surface area contributed by atoms with E-state index < -0.39 is 6.04 Å². The maximum atomic E-state index is 13.7. The fraction of sp³-hybridized carbons (Fsp3) is 0.310. The van der Waals surface area contributed by atoms with Gasteiger partial charge in [0.05, 0.1) is 6.54 Å². The normalized spacial score (nSPS) is 19.1. The molecule has 3 aromatic carbocycles. The summed E-state index contributed by atoms with van der Waals surface area (Å²) in [7, 11) is 0. The topological polar surface area (TPSA) is 57.0 Å². The van der Waals surface area contributed by atoms with Crippen LogP contribution in [0.3, 0.4) is 0 Å². The van der Waals surface area contributed by atoms with E-state index in [0.29, 0.717) is 19.6 Å². The minimum Gasteiger partial charge on any atom is -0.461 e. The molecule has 1 atom stereocenters. The highest BCUT2D eigenvalue weighted by Gasteiger charge is 2.42. The zero-order valence-corrected chi connectivity index (χ0v) is 19.9. The van der Waals surface area contributed by atoms with E-state index in [-0.39, 0.29) is 18.4 Å². The first-order valence-electron chi connectivity index (χ1n) is 12.4. The van der Waals surface area contributed by atoms with Gasteiger partial charge in [-0.15, -0.1) is 0 Å². The molecule has 4 aromatic rings. The SMILES string of the molecule is CCc1oc2ccccc2c1CN1CC(=O)N2CCN(Cc3cccc4ccccc34)CC2C1=O. The van der Waals surface area contributed by atoms with Gasteiger partial charge >= 0.3 is 0 Å². The lowest BCUT2D eigenvalue weighted by atomic mass is 10.0. The van der Waals surface area contributed by atoms with Gasteiger partial charge in [-0.05, 0) is 22.4 Å². The van der Waals surface area contributed by atoms with Crippen LogP contribution < -0.4 is 0 Å². The summed E-state index contributed by atoms with van der Waals surface area (Å²) in [5.74, 6) is 0.944. The lowest BCUT2D eigenvalue weighted by Crippen LogP contribution is -2.66. The number of piperazine rings is 2. The fourth-order valence-corrected chi connectivity index (χ4v) is 5.64. The van der Waals surface area contributed by atoms with Gasteiger partial charge in [0.15, 0.2) is 0 Å². The summed E-state index contributed by atoms with van der Waals surface area (Å²) < 4.78 is 6.04. The smallest absolute Gasteiger partial charge is 0.247 e. The highest BCUT2D eigenvalue weighted by atomic mass is 16.3. The largest absolute Gasteiger partial charge is 0.461 e. The number of hydrogen-bond donors (Lipinski definition) is 0. The van der Waals surface area contributed by atoms with Gasteiger partial charge in [-0.2, -0.15) is 0 Å². The number of carbonyl (C=O) groups excluding carboxylic acids is 2. The summed E-state index contributed by atoms with van der Waals surface area (Å²) in [5, 5.41) is 3.48. The van der Waals surface area contributed by atoms with Gasteiger partial charge in [-0.25, -0.2) is 0 Å². The third-order valence-corrected chi connectivity index (χ3v) is 7.43. The van der Waals surface area contributed by atoms with Crippen molar-refractivity contribution in [3.8, 4) is 0 Å². The van der Waals surface area contributed by atoms with Gasteiger partial charge in [-0.1, -0.05) is 67.6 Å². The van der Waals surface area contributed by atoms with Gasteiger partial charge in [0.2, 0.25) is 11.8 Å². The van der Waals surface area contributed by atoms with Crippen LogP contribution in [-0.2, 0) is 29.1 Å². The molecule has 3 heterocycles. The minimum absolute atomic E-state index is 0.0274. The van der Waals surface area contributed by atoms with E-state index in [4.69, 9.17) is 4.42 Å². The Balaban J connectivity index is 1.24. The number of carbonyl (C=O) groups is 2. The van der Waals surface area contributed by atoms with Crippen molar-refractivity contribution in [2.45, 2.75) is 32.5 Å². The molecule has 2 aliphatic rings. The van der Waals surface area contributed by atoms with Crippen LogP contribution in [-0.4, -0.2) is 58.7 Å². The molecule has 35 heavy (non-hydrogen) atoms. The van der Waals surface area contributed by atoms with Crippen LogP contribution in [0.5, 0.6) is 0 Å². The molecule has 2 saturated heterocycles. The fourth-order valence-electron chi connectivity index (χ4n) is 5.64. The first-order valence-corrected chi connectivity index (χ1v) is 12.4. The molecule has 6 nitrogen and oxygen atoms in total. The summed E-state index contributed by atoms with van der Waals surface area (Å²) in [5.41, 5.74) is 3.09. The van der Waals surface area contributed by atoms with Gasteiger partial charge in [0, 0.05) is 43.5 Å². The summed E-state index contributed by atoms with van der Waals surface area (Å²) in [4.78, 5) is 32.5. The molecule has 178 valence electrons. The molecular weight excluding hydrogens is 438 g/mol. The van der Waals surface area contributed by atoms with Crippen molar-refractivity contribution < 1.29 is 14.0 Å². The number of nitrogens with zero attached hydrogens (tertiary/aromatic N) is 3.